The Hall–Kier alpha value is -4.52. The van der Waals surface area contributed by atoms with Gasteiger partial charge in [-0.05, 0) is 79.1 Å². The van der Waals surface area contributed by atoms with Crippen molar-refractivity contribution in [2.24, 2.45) is 0 Å². The zero-order valence-corrected chi connectivity index (χ0v) is 37.3. The van der Waals surface area contributed by atoms with Crippen molar-refractivity contribution in [3.63, 3.8) is 0 Å². The molecule has 0 aromatic heterocycles. The van der Waals surface area contributed by atoms with Crippen molar-refractivity contribution in [3.05, 3.63) is 89.4 Å². The van der Waals surface area contributed by atoms with Gasteiger partial charge in [-0.25, -0.2) is 0 Å². The molecule has 0 aliphatic carbocycles. The van der Waals surface area contributed by atoms with E-state index in [1.807, 2.05) is 43.3 Å². The summed E-state index contributed by atoms with van der Waals surface area (Å²) in [5.74, 6) is -1.30. The van der Waals surface area contributed by atoms with Crippen LogP contribution in [0.4, 0.5) is 0 Å². The van der Waals surface area contributed by atoms with E-state index < -0.39 is 55.8 Å². The molecule has 2 aliphatic heterocycles. The maximum atomic E-state index is 14.2. The Morgan fingerprint density at radius 1 is 0.915 bits per heavy atom. The highest BCUT2D eigenvalue weighted by Gasteiger charge is 2.51. The van der Waals surface area contributed by atoms with E-state index in [4.69, 9.17) is 20.8 Å². The van der Waals surface area contributed by atoms with Crippen LogP contribution in [0.3, 0.4) is 0 Å². The highest BCUT2D eigenvalue weighted by atomic mass is 35.5. The maximum Gasteiger partial charge on any atom is 0.262 e. The molecule has 2 fully saturated rings. The van der Waals surface area contributed by atoms with E-state index in [2.05, 4.69) is 61.0 Å². The van der Waals surface area contributed by atoms with E-state index in [1.54, 1.807) is 32.0 Å². The number of fused-ring (bicyclic) bond motifs is 1. The first-order valence-electron chi connectivity index (χ1n) is 20.9. The number of rotatable bonds is 15. The molecule has 5 rings (SSSR count). The molecule has 59 heavy (non-hydrogen) atoms. The normalized spacial score (nSPS) is 22.3. The number of benzene rings is 3. The fraction of sp³-hybridized carbons (Fsp3) is 0.500. The summed E-state index contributed by atoms with van der Waals surface area (Å²) in [7, 11) is -1.42. The largest absolute Gasteiger partial charge is 0.495 e. The number of methoxy groups -OCH3 is 1. The monoisotopic (exact) mass is 844 g/mol. The van der Waals surface area contributed by atoms with Gasteiger partial charge in [0.05, 0.1) is 12.1 Å². The first-order valence-corrected chi connectivity index (χ1v) is 23.2. The van der Waals surface area contributed by atoms with Crippen LogP contribution in [0.25, 0.3) is 0 Å². The molecule has 5 atom stereocenters. The number of carbonyl (C=O) groups is 5. The van der Waals surface area contributed by atoms with Crippen molar-refractivity contribution in [1.82, 2.24) is 20.9 Å². The molecule has 2 saturated heterocycles. The minimum absolute atomic E-state index is 0.0132. The van der Waals surface area contributed by atoms with Crippen molar-refractivity contribution in [2.75, 3.05) is 13.7 Å². The van der Waals surface area contributed by atoms with Crippen molar-refractivity contribution >= 4 is 59.7 Å². The fourth-order valence-corrected chi connectivity index (χ4v) is 13.2. The van der Waals surface area contributed by atoms with Gasteiger partial charge in [0.2, 0.25) is 23.6 Å². The minimum Gasteiger partial charge on any atom is -0.495 e. The second-order valence-electron chi connectivity index (χ2n) is 17.1. The number of halogens is 1. The molecule has 2 heterocycles. The van der Waals surface area contributed by atoms with Crippen LogP contribution in [-0.4, -0.2) is 86.1 Å². The van der Waals surface area contributed by atoms with Crippen LogP contribution >= 0.6 is 11.6 Å². The molecule has 3 aromatic rings. The lowest BCUT2D eigenvalue weighted by molar-refractivity contribution is -0.144. The maximum absolute atomic E-state index is 14.2. The lowest BCUT2D eigenvalue weighted by Crippen LogP contribution is -2.68. The van der Waals surface area contributed by atoms with Gasteiger partial charge in [-0.3, -0.25) is 24.0 Å². The second kappa shape index (κ2) is 19.7. The summed E-state index contributed by atoms with van der Waals surface area (Å²) in [5.41, 5.74) is -0.657. The highest BCUT2D eigenvalue weighted by molar-refractivity contribution is 6.99. The zero-order valence-electron chi connectivity index (χ0n) is 35.6. The molecule has 318 valence electrons. The summed E-state index contributed by atoms with van der Waals surface area (Å²) in [6.45, 7) is 12.2. The van der Waals surface area contributed by atoms with Crippen LogP contribution < -0.4 is 31.1 Å². The van der Waals surface area contributed by atoms with Gasteiger partial charge in [0, 0.05) is 19.4 Å². The first kappa shape index (κ1) is 45.6. The Balaban J connectivity index is 1.26. The highest BCUT2D eigenvalue weighted by Crippen LogP contribution is 2.38. The molecule has 0 radical (unpaired) electrons. The Kier molecular flexibility index (Phi) is 15.2. The Bertz CT molecular complexity index is 1920. The molecule has 0 unspecified atom stereocenters. The number of nitrogens with zero attached hydrogens (tertiary/aromatic N) is 1. The average Bonchev–Trinajstić information content (AvgIpc) is 3.72. The van der Waals surface area contributed by atoms with E-state index in [0.29, 0.717) is 67.8 Å². The third-order valence-electron chi connectivity index (χ3n) is 12.0. The zero-order chi connectivity index (χ0) is 43.0. The molecule has 13 heteroatoms. The summed E-state index contributed by atoms with van der Waals surface area (Å²) in [6.07, 6.45) is 3.13. The Morgan fingerprint density at radius 2 is 1.56 bits per heavy atom. The SMILES string of the molecule is CC[C@]1(C)NC(=O)[C@H](CCCCCC(=O)[C@@H](C)O[Si](c2ccccc2)(c2ccccc2)C(C)(C)C)NC(=O)[C@H]2CCCN2C(=O)[C@H](Cc2ccc(Cl)c(OC)c2)NC1=O. The van der Waals surface area contributed by atoms with Crippen molar-refractivity contribution < 1.29 is 33.1 Å². The molecule has 4 amide bonds. The van der Waals surface area contributed by atoms with Gasteiger partial charge in [-0.15, -0.1) is 0 Å². The van der Waals surface area contributed by atoms with Crippen molar-refractivity contribution in [2.45, 2.75) is 134 Å². The number of amides is 4. The van der Waals surface area contributed by atoms with Crippen LogP contribution in [0.5, 0.6) is 5.75 Å². The van der Waals surface area contributed by atoms with Crippen molar-refractivity contribution in [1.29, 1.82) is 0 Å². The summed E-state index contributed by atoms with van der Waals surface area (Å²) in [5, 5.41) is 11.1. The van der Waals surface area contributed by atoms with Crippen LogP contribution in [0.15, 0.2) is 78.9 Å². The molecule has 3 aromatic carbocycles. The average molecular weight is 846 g/mol. The number of unbranched alkanes of at least 4 members (excludes halogenated alkanes) is 2. The van der Waals surface area contributed by atoms with Gasteiger partial charge in [-0.1, -0.05) is 119 Å². The number of ether oxygens (including phenoxy) is 1. The molecule has 0 spiro atoms. The number of nitrogens with one attached hydrogen (secondary N) is 3. The number of hydrogen-bond donors (Lipinski definition) is 3. The van der Waals surface area contributed by atoms with Crippen LogP contribution in [0.2, 0.25) is 10.1 Å². The quantitative estimate of drug-likeness (QED) is 0.133. The number of hydrogen-bond acceptors (Lipinski definition) is 7. The van der Waals surface area contributed by atoms with E-state index in [0.717, 1.165) is 10.4 Å². The Labute approximate surface area is 355 Å². The molecule has 0 bridgehead atoms. The van der Waals surface area contributed by atoms with Gasteiger partial charge < -0.3 is 30.0 Å². The van der Waals surface area contributed by atoms with Gasteiger partial charge in [0.25, 0.3) is 8.32 Å². The van der Waals surface area contributed by atoms with E-state index in [-0.39, 0.29) is 29.6 Å². The number of carbonyl (C=O) groups excluding carboxylic acids is 5. The lowest BCUT2D eigenvalue weighted by Gasteiger charge is -2.44. The van der Waals surface area contributed by atoms with E-state index in [1.165, 1.54) is 12.0 Å². The second-order valence-corrected chi connectivity index (χ2v) is 21.8. The summed E-state index contributed by atoms with van der Waals surface area (Å²) < 4.78 is 12.4. The predicted octanol–water partition coefficient (Wildman–Crippen LogP) is 5.63. The summed E-state index contributed by atoms with van der Waals surface area (Å²) >= 11 is 6.25. The fourth-order valence-electron chi connectivity index (χ4n) is 8.34. The topological polar surface area (TPSA) is 143 Å². The molecule has 0 saturated carbocycles. The van der Waals surface area contributed by atoms with Crippen LogP contribution in [0, 0.1) is 0 Å². The standard InChI is InChI=1S/C46H61ClN4O7Si/c1-8-46(6)44(56)49-37(29-32-26-27-35(47)40(30-32)57-7)43(55)51-28-18-24-38(51)42(54)48-36(41(53)50-46)23-16-11-17-25-39(52)31(2)58-59(45(3,4)5,33-19-12-9-13-20-33)34-21-14-10-15-22-34/h9-10,12-15,19-22,26-27,30-31,36-38H,8,11,16-18,23-25,28-29H2,1-7H3,(H,48,54)(H,49,56)(H,50,53)/t31-,36+,37+,38-,46+/m1/s1. The van der Waals surface area contributed by atoms with Gasteiger partial charge in [0.15, 0.2) is 5.78 Å². The third kappa shape index (κ3) is 10.4. The van der Waals surface area contributed by atoms with Crippen LogP contribution in [-0.2, 0) is 34.8 Å². The van der Waals surface area contributed by atoms with E-state index in [9.17, 15) is 24.0 Å². The summed E-state index contributed by atoms with van der Waals surface area (Å²) in [4.78, 5) is 71.2. The van der Waals surface area contributed by atoms with Crippen molar-refractivity contribution in [3.8, 4) is 5.75 Å². The molecule has 11 nitrogen and oxygen atoms in total. The smallest absolute Gasteiger partial charge is 0.262 e. The molecular formula is C46H61ClN4O7Si. The molecule has 2 aliphatic rings. The van der Waals surface area contributed by atoms with Gasteiger partial charge >= 0.3 is 0 Å². The van der Waals surface area contributed by atoms with Crippen LogP contribution in [0.1, 0.15) is 98.5 Å². The third-order valence-corrected chi connectivity index (χ3v) is 17.4. The minimum atomic E-state index is -2.92. The Morgan fingerprint density at radius 3 is 2.15 bits per heavy atom. The number of Topliss-reactive ketones (excluding diaryl/α,β-unsaturated/α-hetero) is 1. The molecular weight excluding hydrogens is 784 g/mol. The predicted molar refractivity (Wildman–Crippen MR) is 233 cm³/mol. The first-order chi connectivity index (χ1) is 28.0. The molecule has 3 N–H and O–H groups in total. The van der Waals surface area contributed by atoms with E-state index >= 15 is 0 Å². The van der Waals surface area contributed by atoms with Gasteiger partial charge in [0.1, 0.15) is 35.5 Å². The lowest BCUT2D eigenvalue weighted by atomic mass is 9.94. The van der Waals surface area contributed by atoms with Gasteiger partial charge in [-0.2, -0.15) is 0 Å². The number of ketones is 1. The summed E-state index contributed by atoms with van der Waals surface area (Å²) in [6, 6.07) is 22.9.